The average Bonchev–Trinajstić information content (AvgIpc) is 2.79. The molecule has 162 valence electrons. The lowest BCUT2D eigenvalue weighted by molar-refractivity contribution is -0.345. The molecule has 0 heterocycles. The average molecular weight is 417 g/mol. The number of rotatable bonds is 4. The minimum absolute atomic E-state index is 0.282. The summed E-state index contributed by atoms with van der Waals surface area (Å²) in [5.74, 6) is -2.78. The molecule has 0 amide bonds. The van der Waals surface area contributed by atoms with Gasteiger partial charge in [0.05, 0.1) is 5.41 Å². The van der Waals surface area contributed by atoms with Crippen molar-refractivity contribution in [1.29, 1.82) is 0 Å². The second kappa shape index (κ2) is 7.59. The maximum absolute atomic E-state index is 12.2. The Balaban J connectivity index is 2.18. The van der Waals surface area contributed by atoms with Crippen LogP contribution < -0.4 is 0 Å². The van der Waals surface area contributed by atoms with Crippen LogP contribution in [0.15, 0.2) is 91.0 Å². The third-order valence-electron chi connectivity index (χ3n) is 7.74. The summed E-state index contributed by atoms with van der Waals surface area (Å²) in [4.78, 5) is 0. The Hall–Kier alpha value is -2.46. The van der Waals surface area contributed by atoms with Crippen molar-refractivity contribution in [2.45, 2.75) is 55.8 Å². The highest BCUT2D eigenvalue weighted by molar-refractivity contribution is 5.53. The van der Waals surface area contributed by atoms with Gasteiger partial charge in [0.15, 0.2) is 0 Å². The van der Waals surface area contributed by atoms with E-state index in [2.05, 4.69) is 19.1 Å². The Kier molecular flexibility index (Phi) is 5.33. The Labute approximate surface area is 185 Å². The molecule has 3 aromatic carbocycles. The molecular weight excluding hydrogens is 384 g/mol. The second-order valence-electron chi connectivity index (χ2n) is 9.43. The van der Waals surface area contributed by atoms with Gasteiger partial charge in [0, 0.05) is 5.41 Å². The molecule has 0 spiro atoms. The molecule has 3 aromatic rings. The number of aliphatic hydroxyl groups is 3. The molecule has 3 heteroatoms. The van der Waals surface area contributed by atoms with Crippen molar-refractivity contribution >= 4 is 0 Å². The standard InChI is InChI=1S/C28H32O3/c1-21(2)26(29)20-19-25(3,22-13-7-4-8-14-22)27(28(26,30)31,23-15-9-5-10-16-23)24-17-11-6-12-18-24/h4-18,21,29-31H,19-20H2,1-3H3. The third kappa shape index (κ3) is 2.84. The molecule has 1 aliphatic rings. The Morgan fingerprint density at radius 2 is 1.00 bits per heavy atom. The van der Waals surface area contributed by atoms with Gasteiger partial charge in [0.2, 0.25) is 5.79 Å². The van der Waals surface area contributed by atoms with E-state index in [0.717, 1.165) is 16.7 Å². The Bertz CT molecular complexity index is 974. The first kappa shape index (κ1) is 21.8. The molecule has 0 aliphatic heterocycles. The summed E-state index contributed by atoms with van der Waals surface area (Å²) >= 11 is 0. The van der Waals surface area contributed by atoms with E-state index in [0.29, 0.717) is 6.42 Å². The van der Waals surface area contributed by atoms with Gasteiger partial charge < -0.3 is 15.3 Å². The minimum Gasteiger partial charge on any atom is -0.384 e. The van der Waals surface area contributed by atoms with Crippen LogP contribution in [-0.2, 0) is 10.8 Å². The largest absolute Gasteiger partial charge is 0.384 e. The van der Waals surface area contributed by atoms with E-state index in [1.54, 1.807) is 0 Å². The van der Waals surface area contributed by atoms with Gasteiger partial charge in [-0.25, -0.2) is 0 Å². The van der Waals surface area contributed by atoms with E-state index in [1.165, 1.54) is 0 Å². The van der Waals surface area contributed by atoms with Crippen molar-refractivity contribution < 1.29 is 15.3 Å². The van der Waals surface area contributed by atoms with Crippen LogP contribution in [0.4, 0.5) is 0 Å². The summed E-state index contributed by atoms with van der Waals surface area (Å²) in [6.45, 7) is 5.81. The molecule has 2 unspecified atom stereocenters. The summed E-state index contributed by atoms with van der Waals surface area (Å²) in [7, 11) is 0. The van der Waals surface area contributed by atoms with Crippen molar-refractivity contribution in [3.63, 3.8) is 0 Å². The van der Waals surface area contributed by atoms with Crippen LogP contribution in [0, 0.1) is 5.92 Å². The molecule has 4 rings (SSSR count). The Morgan fingerprint density at radius 3 is 1.39 bits per heavy atom. The predicted molar refractivity (Wildman–Crippen MR) is 124 cm³/mol. The maximum Gasteiger partial charge on any atom is 0.207 e. The number of benzene rings is 3. The second-order valence-corrected chi connectivity index (χ2v) is 9.43. The minimum atomic E-state index is -2.43. The van der Waals surface area contributed by atoms with Crippen molar-refractivity contribution in [3.8, 4) is 0 Å². The quantitative estimate of drug-likeness (QED) is 0.536. The summed E-state index contributed by atoms with van der Waals surface area (Å²) < 4.78 is 0. The molecule has 3 nitrogen and oxygen atoms in total. The van der Waals surface area contributed by atoms with Crippen LogP contribution in [0.3, 0.4) is 0 Å². The van der Waals surface area contributed by atoms with Gasteiger partial charge in [0.1, 0.15) is 5.60 Å². The van der Waals surface area contributed by atoms with Crippen molar-refractivity contribution in [3.05, 3.63) is 108 Å². The monoisotopic (exact) mass is 416 g/mol. The van der Waals surface area contributed by atoms with Crippen molar-refractivity contribution in [2.24, 2.45) is 5.92 Å². The van der Waals surface area contributed by atoms with Crippen molar-refractivity contribution in [2.75, 3.05) is 0 Å². The topological polar surface area (TPSA) is 60.7 Å². The van der Waals surface area contributed by atoms with Crippen LogP contribution in [-0.4, -0.2) is 26.7 Å². The van der Waals surface area contributed by atoms with E-state index in [1.807, 2.05) is 92.7 Å². The molecule has 0 radical (unpaired) electrons. The highest BCUT2D eigenvalue weighted by Crippen LogP contribution is 2.64. The van der Waals surface area contributed by atoms with E-state index in [4.69, 9.17) is 0 Å². The zero-order chi connectivity index (χ0) is 22.3. The van der Waals surface area contributed by atoms with Gasteiger partial charge in [-0.15, -0.1) is 0 Å². The molecule has 1 fully saturated rings. The van der Waals surface area contributed by atoms with E-state index < -0.39 is 22.2 Å². The van der Waals surface area contributed by atoms with E-state index in [9.17, 15) is 15.3 Å². The number of hydrogen-bond acceptors (Lipinski definition) is 3. The van der Waals surface area contributed by atoms with Crippen LogP contribution in [0.5, 0.6) is 0 Å². The zero-order valence-corrected chi connectivity index (χ0v) is 18.5. The first-order valence-electron chi connectivity index (χ1n) is 11.1. The SMILES string of the molecule is CC(C)C1(O)CCC(C)(c2ccccc2)C(c2ccccc2)(c2ccccc2)C1(O)O. The molecule has 2 atom stereocenters. The lowest BCUT2D eigenvalue weighted by atomic mass is 9.43. The van der Waals surface area contributed by atoms with Gasteiger partial charge >= 0.3 is 0 Å². The maximum atomic E-state index is 12.2. The third-order valence-corrected chi connectivity index (χ3v) is 7.74. The first-order valence-corrected chi connectivity index (χ1v) is 11.1. The Morgan fingerprint density at radius 1 is 0.613 bits per heavy atom. The van der Waals surface area contributed by atoms with Gasteiger partial charge in [-0.05, 0) is 35.4 Å². The van der Waals surface area contributed by atoms with E-state index >= 15 is 0 Å². The fourth-order valence-corrected chi connectivity index (χ4v) is 5.95. The predicted octanol–water partition coefficient (Wildman–Crippen LogP) is 4.79. The highest BCUT2D eigenvalue weighted by atomic mass is 16.5. The van der Waals surface area contributed by atoms with Gasteiger partial charge in [0.25, 0.3) is 0 Å². The highest BCUT2D eigenvalue weighted by Gasteiger charge is 2.73. The molecule has 1 saturated carbocycles. The first-order chi connectivity index (χ1) is 14.7. The van der Waals surface area contributed by atoms with Gasteiger partial charge in [-0.2, -0.15) is 0 Å². The molecule has 0 bridgehead atoms. The molecule has 1 aliphatic carbocycles. The molecule has 0 aromatic heterocycles. The molecule has 3 N–H and O–H groups in total. The van der Waals surface area contributed by atoms with E-state index in [-0.39, 0.29) is 12.3 Å². The van der Waals surface area contributed by atoms with Crippen LogP contribution in [0.2, 0.25) is 0 Å². The van der Waals surface area contributed by atoms with Crippen LogP contribution >= 0.6 is 0 Å². The van der Waals surface area contributed by atoms with Crippen molar-refractivity contribution in [1.82, 2.24) is 0 Å². The normalized spacial score (nSPS) is 27.2. The zero-order valence-electron chi connectivity index (χ0n) is 18.5. The summed E-state index contributed by atoms with van der Waals surface area (Å²) in [6.07, 6.45) is 0.878. The summed E-state index contributed by atoms with van der Waals surface area (Å²) in [6, 6.07) is 29.4. The molecule has 31 heavy (non-hydrogen) atoms. The summed E-state index contributed by atoms with van der Waals surface area (Å²) in [5, 5.41) is 36.2. The fourth-order valence-electron chi connectivity index (χ4n) is 5.95. The number of hydrogen-bond donors (Lipinski definition) is 3. The lowest BCUT2D eigenvalue weighted by Crippen LogP contribution is -2.77. The summed E-state index contributed by atoms with van der Waals surface area (Å²) in [5.41, 5.74) is -1.12. The van der Waals surface area contributed by atoms with Gasteiger partial charge in [-0.3, -0.25) is 0 Å². The fraction of sp³-hybridized carbons (Fsp3) is 0.357. The van der Waals surface area contributed by atoms with Crippen LogP contribution in [0.25, 0.3) is 0 Å². The van der Waals surface area contributed by atoms with Crippen LogP contribution in [0.1, 0.15) is 50.3 Å². The lowest BCUT2D eigenvalue weighted by Gasteiger charge is -2.65. The molecular formula is C28H32O3. The smallest absolute Gasteiger partial charge is 0.207 e. The van der Waals surface area contributed by atoms with Gasteiger partial charge in [-0.1, -0.05) is 112 Å². The molecule has 0 saturated heterocycles.